The van der Waals surface area contributed by atoms with E-state index in [2.05, 4.69) is 17.2 Å². The zero-order chi connectivity index (χ0) is 10.9. The van der Waals surface area contributed by atoms with Crippen LogP contribution in [0.1, 0.15) is 19.8 Å². The summed E-state index contributed by atoms with van der Waals surface area (Å²) in [6.07, 6.45) is 1.83. The van der Waals surface area contributed by atoms with Gasteiger partial charge in [-0.25, -0.2) is 8.42 Å². The summed E-state index contributed by atoms with van der Waals surface area (Å²) in [6, 6.07) is 0.443. The van der Waals surface area contributed by atoms with Crippen molar-refractivity contribution in [2.75, 3.05) is 17.3 Å². The molecule has 1 N–H and O–H groups in total. The van der Waals surface area contributed by atoms with Gasteiger partial charge in [-0.15, -0.1) is 0 Å². The largest absolute Gasteiger partial charge is 0.362 e. The summed E-state index contributed by atoms with van der Waals surface area (Å²) >= 11 is 1.70. The Hall–Kier alpha value is -0.230. The number of nitrogens with one attached hydrogen (secondary N) is 1. The number of nitrogens with zero attached hydrogens (tertiary/aromatic N) is 1. The fourth-order valence-electron chi connectivity index (χ4n) is 1.77. The molecule has 2 aliphatic rings. The maximum Gasteiger partial charge on any atom is 0.157 e. The third kappa shape index (κ3) is 3.11. The minimum atomic E-state index is -2.80. The second-order valence-corrected chi connectivity index (χ2v) is 7.49. The van der Waals surface area contributed by atoms with Gasteiger partial charge in [0.05, 0.1) is 17.5 Å². The summed E-state index contributed by atoms with van der Waals surface area (Å²) in [7, 11) is -2.80. The zero-order valence-corrected chi connectivity index (χ0v) is 10.4. The number of hydrogen-bond acceptors (Lipinski definition) is 4. The Labute approximate surface area is 94.8 Å². The van der Waals surface area contributed by atoms with Crippen LogP contribution in [0.3, 0.4) is 0 Å². The molecule has 4 nitrogen and oxygen atoms in total. The van der Waals surface area contributed by atoms with Crippen molar-refractivity contribution in [3.63, 3.8) is 0 Å². The maximum atomic E-state index is 11.3. The predicted octanol–water partition coefficient (Wildman–Crippen LogP) is 0.645. The lowest BCUT2D eigenvalue weighted by Crippen LogP contribution is -2.36. The minimum absolute atomic E-state index is 0.0182. The predicted molar refractivity (Wildman–Crippen MR) is 64.2 cm³/mol. The van der Waals surface area contributed by atoms with Crippen LogP contribution in [-0.4, -0.2) is 42.9 Å². The highest BCUT2D eigenvalue weighted by molar-refractivity contribution is 8.13. The molecular weight excluding hydrogens is 232 g/mol. The molecule has 0 bridgehead atoms. The Bertz CT molecular complexity index is 364. The first-order valence-corrected chi connectivity index (χ1v) is 8.03. The van der Waals surface area contributed by atoms with E-state index in [9.17, 15) is 8.42 Å². The lowest BCUT2D eigenvalue weighted by Gasteiger charge is -2.22. The Balaban J connectivity index is 1.98. The van der Waals surface area contributed by atoms with E-state index in [-0.39, 0.29) is 11.8 Å². The monoisotopic (exact) mass is 248 g/mol. The first-order valence-electron chi connectivity index (χ1n) is 5.23. The van der Waals surface area contributed by atoms with Crippen molar-refractivity contribution in [1.29, 1.82) is 0 Å². The fraction of sp³-hybridized carbons (Fsp3) is 0.889. The van der Waals surface area contributed by atoms with Gasteiger partial charge >= 0.3 is 0 Å². The molecule has 0 saturated carbocycles. The second kappa shape index (κ2) is 4.33. The lowest BCUT2D eigenvalue weighted by atomic mass is 10.2. The van der Waals surface area contributed by atoms with Gasteiger partial charge in [0, 0.05) is 11.8 Å². The Kier molecular flexibility index (Phi) is 3.25. The molecule has 2 aliphatic heterocycles. The summed E-state index contributed by atoms with van der Waals surface area (Å²) < 4.78 is 22.5. The van der Waals surface area contributed by atoms with Gasteiger partial charge in [-0.05, 0) is 19.8 Å². The van der Waals surface area contributed by atoms with Gasteiger partial charge in [0.1, 0.15) is 0 Å². The van der Waals surface area contributed by atoms with Gasteiger partial charge in [-0.1, -0.05) is 11.8 Å². The molecule has 2 heterocycles. The SMILES string of the molecule is CC1CCSC(=NC2CCS(=O)(=O)C2)N1. The van der Waals surface area contributed by atoms with Crippen molar-refractivity contribution in [2.45, 2.75) is 31.8 Å². The lowest BCUT2D eigenvalue weighted by molar-refractivity contribution is 0.601. The number of sulfone groups is 1. The van der Waals surface area contributed by atoms with Crippen LogP contribution in [0.25, 0.3) is 0 Å². The highest BCUT2D eigenvalue weighted by Crippen LogP contribution is 2.19. The Morgan fingerprint density at radius 2 is 2.27 bits per heavy atom. The number of rotatable bonds is 1. The molecule has 0 aromatic carbocycles. The van der Waals surface area contributed by atoms with Crippen LogP contribution in [0.15, 0.2) is 4.99 Å². The van der Waals surface area contributed by atoms with E-state index in [0.717, 1.165) is 17.3 Å². The molecule has 2 saturated heterocycles. The Morgan fingerprint density at radius 1 is 1.47 bits per heavy atom. The molecular formula is C9H16N2O2S2. The molecule has 0 radical (unpaired) electrons. The average Bonchev–Trinajstić information content (AvgIpc) is 2.45. The molecule has 6 heteroatoms. The molecule has 0 aromatic heterocycles. The second-order valence-electron chi connectivity index (χ2n) is 4.17. The number of amidine groups is 1. The van der Waals surface area contributed by atoms with Crippen LogP contribution in [0.4, 0.5) is 0 Å². The van der Waals surface area contributed by atoms with E-state index in [1.807, 2.05) is 0 Å². The van der Waals surface area contributed by atoms with E-state index < -0.39 is 9.84 Å². The minimum Gasteiger partial charge on any atom is -0.362 e. The van der Waals surface area contributed by atoms with Crippen molar-refractivity contribution in [3.8, 4) is 0 Å². The van der Waals surface area contributed by atoms with Gasteiger partial charge in [-0.2, -0.15) is 0 Å². The van der Waals surface area contributed by atoms with Gasteiger partial charge < -0.3 is 5.32 Å². The van der Waals surface area contributed by atoms with Crippen LogP contribution in [0.5, 0.6) is 0 Å². The molecule has 2 atom stereocenters. The van der Waals surface area contributed by atoms with Crippen LogP contribution in [-0.2, 0) is 9.84 Å². The first-order chi connectivity index (χ1) is 7.05. The summed E-state index contributed by atoms with van der Waals surface area (Å²) in [5.74, 6) is 1.61. The standard InChI is InChI=1S/C9H16N2O2S2/c1-7-2-4-14-9(10-7)11-8-3-5-15(12,13)6-8/h7-8H,2-6H2,1H3,(H,10,11). The number of aliphatic imine (C=N–C) groups is 1. The highest BCUT2D eigenvalue weighted by atomic mass is 32.2. The normalized spacial score (nSPS) is 37.8. The summed E-state index contributed by atoms with van der Waals surface area (Å²) in [5.41, 5.74) is 0. The van der Waals surface area contributed by atoms with Crippen molar-refractivity contribution in [2.24, 2.45) is 4.99 Å². The van der Waals surface area contributed by atoms with Gasteiger partial charge in [0.2, 0.25) is 0 Å². The van der Waals surface area contributed by atoms with Crippen LogP contribution in [0.2, 0.25) is 0 Å². The summed E-state index contributed by atoms with van der Waals surface area (Å²) in [6.45, 7) is 2.13. The molecule has 2 fully saturated rings. The van der Waals surface area contributed by atoms with Gasteiger partial charge in [0.25, 0.3) is 0 Å². The quantitative estimate of drug-likeness (QED) is 0.740. The van der Waals surface area contributed by atoms with E-state index in [1.54, 1.807) is 11.8 Å². The van der Waals surface area contributed by atoms with Crippen LogP contribution >= 0.6 is 11.8 Å². The summed E-state index contributed by atoms with van der Waals surface area (Å²) in [4.78, 5) is 4.47. The van der Waals surface area contributed by atoms with E-state index >= 15 is 0 Å². The van der Waals surface area contributed by atoms with Crippen molar-refractivity contribution >= 4 is 26.8 Å². The number of thioether (sulfide) groups is 1. The zero-order valence-electron chi connectivity index (χ0n) is 8.77. The molecule has 2 rings (SSSR count). The maximum absolute atomic E-state index is 11.3. The Morgan fingerprint density at radius 3 is 2.87 bits per heavy atom. The third-order valence-electron chi connectivity index (χ3n) is 2.67. The smallest absolute Gasteiger partial charge is 0.157 e. The summed E-state index contributed by atoms with van der Waals surface area (Å²) in [5, 5.41) is 4.22. The van der Waals surface area contributed by atoms with E-state index in [0.29, 0.717) is 18.2 Å². The molecule has 0 aliphatic carbocycles. The fourth-order valence-corrected chi connectivity index (χ4v) is 4.57. The molecule has 0 aromatic rings. The molecule has 2 unspecified atom stereocenters. The van der Waals surface area contributed by atoms with E-state index in [4.69, 9.17) is 0 Å². The van der Waals surface area contributed by atoms with Crippen molar-refractivity contribution in [1.82, 2.24) is 5.32 Å². The molecule has 0 spiro atoms. The number of hydrogen-bond donors (Lipinski definition) is 1. The third-order valence-corrected chi connectivity index (χ3v) is 5.35. The van der Waals surface area contributed by atoms with Gasteiger partial charge in [-0.3, -0.25) is 4.99 Å². The first kappa shape index (κ1) is 11.3. The van der Waals surface area contributed by atoms with Crippen LogP contribution in [0, 0.1) is 0 Å². The molecule has 15 heavy (non-hydrogen) atoms. The topological polar surface area (TPSA) is 58.5 Å². The molecule has 0 amide bonds. The van der Waals surface area contributed by atoms with Crippen molar-refractivity contribution < 1.29 is 8.42 Å². The van der Waals surface area contributed by atoms with Crippen LogP contribution < -0.4 is 5.32 Å². The van der Waals surface area contributed by atoms with E-state index in [1.165, 1.54) is 0 Å². The highest BCUT2D eigenvalue weighted by Gasteiger charge is 2.28. The van der Waals surface area contributed by atoms with Gasteiger partial charge in [0.15, 0.2) is 15.0 Å². The average molecular weight is 248 g/mol. The van der Waals surface area contributed by atoms with Crippen molar-refractivity contribution in [3.05, 3.63) is 0 Å². The molecule has 86 valence electrons.